The van der Waals surface area contributed by atoms with Gasteiger partial charge in [-0.25, -0.2) is 4.57 Å². The van der Waals surface area contributed by atoms with E-state index < -0.39 is 0 Å². The number of hydrogen-bond donors (Lipinski definition) is 0. The minimum atomic E-state index is 0.853. The van der Waals surface area contributed by atoms with Crippen molar-refractivity contribution in [3.63, 3.8) is 0 Å². The molecule has 0 saturated heterocycles. The van der Waals surface area contributed by atoms with Crippen LogP contribution in [0.2, 0.25) is 0 Å². The van der Waals surface area contributed by atoms with E-state index in [1.54, 1.807) is 0 Å². The number of nitrogens with zero attached hydrogens (tertiary/aromatic N) is 3. The van der Waals surface area contributed by atoms with Crippen molar-refractivity contribution in [2.24, 2.45) is 0 Å². The van der Waals surface area contributed by atoms with E-state index in [4.69, 9.17) is 6.42 Å². The molecule has 2 aromatic heterocycles. The van der Waals surface area contributed by atoms with Crippen LogP contribution < -0.4 is 9.47 Å². The minimum absolute atomic E-state index is 0.853. The van der Waals surface area contributed by atoms with Crippen LogP contribution in [-0.4, -0.2) is 18.5 Å². The van der Waals surface area contributed by atoms with Gasteiger partial charge in [-0.1, -0.05) is 6.07 Å². The number of imidazole rings is 1. The number of aromatic nitrogens is 2. The van der Waals surface area contributed by atoms with E-state index in [1.807, 2.05) is 43.0 Å². The van der Waals surface area contributed by atoms with Gasteiger partial charge in [0.15, 0.2) is 11.2 Å². The summed E-state index contributed by atoms with van der Waals surface area (Å²) in [4.78, 5) is 2.08. The first-order valence-electron chi connectivity index (χ1n) is 6.46. The van der Waals surface area contributed by atoms with Crippen molar-refractivity contribution < 1.29 is 4.57 Å². The molecule has 3 heteroatoms. The molecule has 0 amide bonds. The molecule has 0 spiro atoms. The fraction of sp³-hybridized carbons (Fsp3) is 0.118. The van der Waals surface area contributed by atoms with E-state index >= 15 is 0 Å². The molecule has 0 aliphatic carbocycles. The Morgan fingerprint density at radius 1 is 1.10 bits per heavy atom. The molecule has 3 nitrogen and oxygen atoms in total. The van der Waals surface area contributed by atoms with Crippen LogP contribution in [0.3, 0.4) is 0 Å². The van der Waals surface area contributed by atoms with Gasteiger partial charge in [-0.15, -0.1) is 6.42 Å². The largest absolute Gasteiger partial charge is 0.378 e. The van der Waals surface area contributed by atoms with Crippen LogP contribution in [0.5, 0.6) is 0 Å². The molecule has 20 heavy (non-hydrogen) atoms. The van der Waals surface area contributed by atoms with E-state index in [-0.39, 0.29) is 0 Å². The summed E-state index contributed by atoms with van der Waals surface area (Å²) in [6.07, 6.45) is 9.62. The molecule has 3 aromatic rings. The standard InChI is InChI=1S/C17H16N3/c1-4-14-6-5-7-17-12-19(13-20(14)17)16-10-8-15(9-11-16)18(2)3/h1,5-13H,2-3H3/q+1. The van der Waals surface area contributed by atoms with Crippen molar-refractivity contribution >= 4 is 11.2 Å². The molecule has 98 valence electrons. The third-order valence-corrected chi connectivity index (χ3v) is 3.38. The molecule has 0 aliphatic rings. The number of anilines is 1. The average molecular weight is 262 g/mol. The summed E-state index contributed by atoms with van der Waals surface area (Å²) in [6, 6.07) is 14.4. The van der Waals surface area contributed by atoms with Crippen molar-refractivity contribution in [2.45, 2.75) is 0 Å². The van der Waals surface area contributed by atoms with Gasteiger partial charge >= 0.3 is 0 Å². The maximum Gasteiger partial charge on any atom is 0.255 e. The Balaban J connectivity index is 2.08. The van der Waals surface area contributed by atoms with Gasteiger partial charge in [0, 0.05) is 19.8 Å². The molecular weight excluding hydrogens is 246 g/mol. The molecule has 0 atom stereocenters. The van der Waals surface area contributed by atoms with Crippen LogP contribution in [-0.2, 0) is 0 Å². The lowest BCUT2D eigenvalue weighted by Gasteiger charge is -2.11. The summed E-state index contributed by atoms with van der Waals surface area (Å²) in [6.45, 7) is 0. The van der Waals surface area contributed by atoms with Gasteiger partial charge in [0.1, 0.15) is 11.9 Å². The molecule has 0 bridgehead atoms. The first kappa shape index (κ1) is 12.3. The zero-order chi connectivity index (χ0) is 14.1. The summed E-state index contributed by atoms with van der Waals surface area (Å²) >= 11 is 0. The number of pyridine rings is 1. The summed E-state index contributed by atoms with van der Waals surface area (Å²) in [5.74, 6) is 2.70. The van der Waals surface area contributed by atoms with Gasteiger partial charge in [-0.3, -0.25) is 0 Å². The topological polar surface area (TPSA) is 11.5 Å². The van der Waals surface area contributed by atoms with E-state index in [0.29, 0.717) is 0 Å². The first-order chi connectivity index (χ1) is 9.69. The number of hydrogen-bond acceptors (Lipinski definition) is 1. The van der Waals surface area contributed by atoms with Crippen LogP contribution in [0.4, 0.5) is 5.69 Å². The van der Waals surface area contributed by atoms with Crippen LogP contribution in [0.15, 0.2) is 55.0 Å². The Bertz CT molecular complexity index is 789. The Morgan fingerprint density at radius 2 is 1.85 bits per heavy atom. The zero-order valence-electron chi connectivity index (χ0n) is 11.6. The third-order valence-electron chi connectivity index (χ3n) is 3.38. The van der Waals surface area contributed by atoms with Crippen molar-refractivity contribution in [3.05, 3.63) is 60.7 Å². The summed E-state index contributed by atoms with van der Waals surface area (Å²) in [7, 11) is 4.07. The van der Waals surface area contributed by atoms with Crippen molar-refractivity contribution in [1.82, 2.24) is 4.40 Å². The molecule has 0 radical (unpaired) electrons. The second-order valence-electron chi connectivity index (χ2n) is 4.91. The predicted octanol–water partition coefficient (Wildman–Crippen LogP) is 2.26. The molecule has 3 rings (SSSR count). The highest BCUT2D eigenvalue weighted by molar-refractivity contribution is 5.49. The maximum absolute atomic E-state index is 5.53. The molecule has 0 unspecified atom stereocenters. The van der Waals surface area contributed by atoms with Crippen molar-refractivity contribution in [2.75, 3.05) is 19.0 Å². The minimum Gasteiger partial charge on any atom is -0.378 e. The number of rotatable bonds is 2. The monoisotopic (exact) mass is 262 g/mol. The summed E-state index contributed by atoms with van der Waals surface area (Å²) < 4.78 is 4.09. The molecule has 0 N–H and O–H groups in total. The predicted molar refractivity (Wildman–Crippen MR) is 81.2 cm³/mol. The fourth-order valence-corrected chi connectivity index (χ4v) is 2.25. The Morgan fingerprint density at radius 3 is 2.50 bits per heavy atom. The van der Waals surface area contributed by atoms with Gasteiger partial charge in [0.05, 0.1) is 0 Å². The Labute approximate surface area is 118 Å². The highest BCUT2D eigenvalue weighted by atomic mass is 15.1. The van der Waals surface area contributed by atoms with Gasteiger partial charge in [-0.05, 0) is 42.3 Å². The van der Waals surface area contributed by atoms with E-state index in [1.165, 1.54) is 5.69 Å². The highest BCUT2D eigenvalue weighted by Gasteiger charge is 2.11. The van der Waals surface area contributed by atoms with E-state index in [9.17, 15) is 0 Å². The van der Waals surface area contributed by atoms with Crippen molar-refractivity contribution in [3.8, 4) is 18.0 Å². The van der Waals surface area contributed by atoms with E-state index in [0.717, 1.165) is 16.9 Å². The molecule has 2 heterocycles. The second-order valence-corrected chi connectivity index (χ2v) is 4.91. The Kier molecular flexibility index (Phi) is 2.92. The molecule has 1 aromatic carbocycles. The van der Waals surface area contributed by atoms with Crippen molar-refractivity contribution in [1.29, 1.82) is 0 Å². The molecular formula is C17H16N3+. The molecule has 0 saturated carbocycles. The van der Waals surface area contributed by atoms with E-state index in [2.05, 4.69) is 45.8 Å². The highest BCUT2D eigenvalue weighted by Crippen LogP contribution is 2.13. The number of terminal acetylenes is 1. The van der Waals surface area contributed by atoms with Crippen LogP contribution in [0.25, 0.3) is 11.2 Å². The summed E-state index contributed by atoms with van der Waals surface area (Å²) in [5.41, 5.74) is 4.23. The van der Waals surface area contributed by atoms with Crippen LogP contribution in [0.1, 0.15) is 5.69 Å². The first-order valence-corrected chi connectivity index (χ1v) is 6.46. The lowest BCUT2D eigenvalue weighted by atomic mass is 10.2. The maximum atomic E-state index is 5.53. The lowest BCUT2D eigenvalue weighted by Crippen LogP contribution is -2.27. The smallest absolute Gasteiger partial charge is 0.255 e. The quantitative estimate of drug-likeness (QED) is 0.509. The molecule has 0 fully saturated rings. The lowest BCUT2D eigenvalue weighted by molar-refractivity contribution is -0.594. The zero-order valence-corrected chi connectivity index (χ0v) is 11.6. The van der Waals surface area contributed by atoms with Crippen LogP contribution in [0, 0.1) is 12.3 Å². The summed E-state index contributed by atoms with van der Waals surface area (Å²) in [5, 5.41) is 0. The normalized spacial score (nSPS) is 10.4. The van der Waals surface area contributed by atoms with Gasteiger partial charge in [0.2, 0.25) is 0 Å². The average Bonchev–Trinajstić information content (AvgIpc) is 2.91. The van der Waals surface area contributed by atoms with Crippen LogP contribution >= 0.6 is 0 Å². The van der Waals surface area contributed by atoms with Gasteiger partial charge in [0.25, 0.3) is 6.33 Å². The van der Waals surface area contributed by atoms with Gasteiger partial charge < -0.3 is 4.90 Å². The van der Waals surface area contributed by atoms with Gasteiger partial charge in [-0.2, -0.15) is 4.40 Å². The Hall–Kier alpha value is -2.73. The number of benzene rings is 1. The third kappa shape index (κ3) is 2.02. The SMILES string of the molecule is C#Cc1cccc2c[n+](-c3ccc(N(C)C)cc3)cn12. The fourth-order valence-electron chi connectivity index (χ4n) is 2.25. The number of fused-ring (bicyclic) bond motifs is 1. The second kappa shape index (κ2) is 4.75. The molecule has 0 aliphatic heterocycles.